The maximum absolute atomic E-state index is 13.2. The molecule has 7 heteroatoms. The van der Waals surface area contributed by atoms with E-state index in [-0.39, 0.29) is 5.91 Å². The maximum atomic E-state index is 13.2. The number of allylic oxidation sites excluding steroid dienone is 1. The molecule has 0 bridgehead atoms. The summed E-state index contributed by atoms with van der Waals surface area (Å²) < 4.78 is 0. The number of rotatable bonds is 8. The van der Waals surface area contributed by atoms with E-state index in [9.17, 15) is 4.79 Å². The van der Waals surface area contributed by atoms with E-state index < -0.39 is 0 Å². The lowest BCUT2D eigenvalue weighted by molar-refractivity contribution is -0.0423. The monoisotopic (exact) mass is 500 g/mol. The number of nitrogens with one attached hydrogen (secondary N) is 1. The van der Waals surface area contributed by atoms with Gasteiger partial charge in [-0.1, -0.05) is 37.5 Å². The van der Waals surface area contributed by atoms with E-state index in [0.29, 0.717) is 5.41 Å². The Morgan fingerprint density at radius 1 is 1.03 bits per heavy atom. The molecule has 1 N–H and O–H groups in total. The fraction of sp³-hybridized carbons (Fsp3) is 0.567. The lowest BCUT2D eigenvalue weighted by Crippen LogP contribution is -2.62. The zero-order chi connectivity index (χ0) is 25.1. The van der Waals surface area contributed by atoms with Crippen LogP contribution in [0.15, 0.2) is 53.9 Å². The standard InChI is InChI=1S/C30H40N6O/c37-29(36-22-30(23-36)12-17-35(18-13-30)27-6-2-1-3-7-27)25-10-8-24(9-11-25)19-34(20-26-5-4-14-31-26)21-28-32-15-16-33-28/h4,8-11,14-16,27H,1-3,5-7,12-13,17-23H2,(H,32,33). The molecule has 1 aromatic heterocycles. The molecule has 2 aromatic rings. The van der Waals surface area contributed by atoms with Gasteiger partial charge in [0.1, 0.15) is 5.82 Å². The minimum atomic E-state index is 0.186. The highest BCUT2D eigenvalue weighted by atomic mass is 16.2. The van der Waals surface area contributed by atoms with Crippen LogP contribution < -0.4 is 0 Å². The van der Waals surface area contributed by atoms with Crippen molar-refractivity contribution in [1.82, 2.24) is 24.7 Å². The molecule has 1 amide bonds. The Hall–Kier alpha value is -2.77. The minimum absolute atomic E-state index is 0.186. The molecule has 1 aliphatic carbocycles. The van der Waals surface area contributed by atoms with Crippen LogP contribution in [-0.4, -0.2) is 75.1 Å². The molecule has 3 aliphatic heterocycles. The molecule has 4 heterocycles. The second-order valence-electron chi connectivity index (χ2n) is 11.7. The highest BCUT2D eigenvalue weighted by molar-refractivity contribution is 5.95. The van der Waals surface area contributed by atoms with Gasteiger partial charge in [-0.05, 0) is 56.5 Å². The van der Waals surface area contributed by atoms with E-state index in [1.807, 2.05) is 24.5 Å². The number of piperidine rings is 1. The number of amides is 1. The Kier molecular flexibility index (Phi) is 7.25. The van der Waals surface area contributed by atoms with Crippen LogP contribution in [0.5, 0.6) is 0 Å². The molecule has 37 heavy (non-hydrogen) atoms. The fourth-order valence-corrected chi connectivity index (χ4v) is 6.75. The van der Waals surface area contributed by atoms with E-state index in [1.165, 1.54) is 69.3 Å². The van der Waals surface area contributed by atoms with Crippen molar-refractivity contribution in [2.24, 2.45) is 10.4 Å². The molecule has 7 nitrogen and oxygen atoms in total. The summed E-state index contributed by atoms with van der Waals surface area (Å²) in [5.74, 6) is 1.14. The third-order valence-electron chi connectivity index (χ3n) is 8.95. The van der Waals surface area contributed by atoms with Crippen LogP contribution in [0.2, 0.25) is 0 Å². The molecule has 0 unspecified atom stereocenters. The van der Waals surface area contributed by atoms with Crippen molar-refractivity contribution < 1.29 is 4.79 Å². The number of nitrogens with zero attached hydrogens (tertiary/aromatic N) is 5. The third-order valence-corrected chi connectivity index (χ3v) is 8.95. The Morgan fingerprint density at radius 2 is 1.81 bits per heavy atom. The van der Waals surface area contributed by atoms with E-state index in [1.54, 1.807) is 6.20 Å². The van der Waals surface area contributed by atoms with E-state index in [0.717, 1.165) is 56.6 Å². The summed E-state index contributed by atoms with van der Waals surface area (Å²) in [4.78, 5) is 32.5. The zero-order valence-electron chi connectivity index (χ0n) is 21.9. The van der Waals surface area contributed by atoms with Crippen molar-refractivity contribution in [3.05, 3.63) is 65.9 Å². The molecule has 2 saturated heterocycles. The van der Waals surface area contributed by atoms with Crippen LogP contribution >= 0.6 is 0 Å². The predicted molar refractivity (Wildman–Crippen MR) is 146 cm³/mol. The van der Waals surface area contributed by atoms with Gasteiger partial charge in [0.2, 0.25) is 0 Å². The Bertz CT molecular complexity index is 1100. The van der Waals surface area contributed by atoms with Crippen LogP contribution in [0.25, 0.3) is 0 Å². The first-order valence-corrected chi connectivity index (χ1v) is 14.2. The molecular formula is C30H40N6O. The maximum Gasteiger partial charge on any atom is 0.253 e. The fourth-order valence-electron chi connectivity index (χ4n) is 6.75. The highest BCUT2D eigenvalue weighted by Gasteiger charge is 2.47. The van der Waals surface area contributed by atoms with Crippen LogP contribution in [0, 0.1) is 5.41 Å². The number of hydrogen-bond donors (Lipinski definition) is 1. The molecule has 6 rings (SSSR count). The second kappa shape index (κ2) is 10.9. The summed E-state index contributed by atoms with van der Waals surface area (Å²) in [6.45, 7) is 6.64. The van der Waals surface area contributed by atoms with Crippen LogP contribution in [0.3, 0.4) is 0 Å². The summed E-state index contributed by atoms with van der Waals surface area (Å²) in [6.07, 6.45) is 18.1. The topological polar surface area (TPSA) is 67.8 Å². The average Bonchev–Trinajstić information content (AvgIpc) is 3.63. The summed E-state index contributed by atoms with van der Waals surface area (Å²) in [7, 11) is 0. The molecule has 4 aliphatic rings. The zero-order valence-corrected chi connectivity index (χ0v) is 21.9. The van der Waals surface area contributed by atoms with Crippen molar-refractivity contribution in [1.29, 1.82) is 0 Å². The number of aromatic nitrogens is 2. The molecule has 0 radical (unpaired) electrons. The second-order valence-corrected chi connectivity index (χ2v) is 11.7. The van der Waals surface area contributed by atoms with Gasteiger partial charge in [0.25, 0.3) is 5.91 Å². The number of H-pyrrole nitrogens is 1. The van der Waals surface area contributed by atoms with Crippen molar-refractivity contribution in [3.8, 4) is 0 Å². The van der Waals surface area contributed by atoms with Crippen LogP contribution in [0.1, 0.15) is 73.1 Å². The molecule has 1 saturated carbocycles. The Balaban J connectivity index is 1.01. The predicted octanol–water partition coefficient (Wildman–Crippen LogP) is 4.64. The normalized spacial score (nSPS) is 22.0. The van der Waals surface area contributed by atoms with Gasteiger partial charge in [0, 0.05) is 73.9 Å². The minimum Gasteiger partial charge on any atom is -0.348 e. The number of likely N-dealkylation sites (tertiary alicyclic amines) is 2. The molecular weight excluding hydrogens is 460 g/mol. The molecule has 0 atom stereocenters. The lowest BCUT2D eigenvalue weighted by atomic mass is 9.71. The molecule has 1 aromatic carbocycles. The van der Waals surface area contributed by atoms with Gasteiger partial charge in [-0.3, -0.25) is 14.7 Å². The van der Waals surface area contributed by atoms with Crippen molar-refractivity contribution in [2.45, 2.75) is 70.5 Å². The van der Waals surface area contributed by atoms with Gasteiger partial charge in [0.05, 0.1) is 6.54 Å². The average molecular weight is 501 g/mol. The third kappa shape index (κ3) is 5.73. The Morgan fingerprint density at radius 3 is 2.49 bits per heavy atom. The van der Waals surface area contributed by atoms with Crippen molar-refractivity contribution in [2.75, 3.05) is 32.7 Å². The lowest BCUT2D eigenvalue weighted by Gasteiger charge is -2.55. The number of benzene rings is 1. The van der Waals surface area contributed by atoms with Gasteiger partial charge in [-0.15, -0.1) is 0 Å². The smallest absolute Gasteiger partial charge is 0.253 e. The highest BCUT2D eigenvalue weighted by Crippen LogP contribution is 2.42. The van der Waals surface area contributed by atoms with E-state index in [4.69, 9.17) is 0 Å². The molecule has 196 valence electrons. The number of imidazole rings is 1. The summed E-state index contributed by atoms with van der Waals surface area (Å²) in [6, 6.07) is 9.05. The first-order valence-electron chi connectivity index (χ1n) is 14.2. The number of aromatic amines is 1. The van der Waals surface area contributed by atoms with E-state index >= 15 is 0 Å². The molecule has 1 spiro atoms. The van der Waals surface area contributed by atoms with Gasteiger partial charge in [-0.25, -0.2) is 4.98 Å². The van der Waals surface area contributed by atoms with E-state index in [2.05, 4.69) is 47.9 Å². The van der Waals surface area contributed by atoms with Crippen LogP contribution in [0.4, 0.5) is 0 Å². The largest absolute Gasteiger partial charge is 0.348 e. The van der Waals surface area contributed by atoms with Gasteiger partial charge in [-0.2, -0.15) is 0 Å². The first kappa shape index (κ1) is 24.6. The first-order chi connectivity index (χ1) is 18.2. The number of hydrogen-bond acceptors (Lipinski definition) is 5. The van der Waals surface area contributed by atoms with Gasteiger partial charge >= 0.3 is 0 Å². The summed E-state index contributed by atoms with van der Waals surface area (Å²) >= 11 is 0. The van der Waals surface area contributed by atoms with Crippen LogP contribution in [-0.2, 0) is 13.1 Å². The summed E-state index contributed by atoms with van der Waals surface area (Å²) in [5.41, 5.74) is 3.55. The van der Waals surface area contributed by atoms with Gasteiger partial charge < -0.3 is 14.8 Å². The number of carbonyl (C=O) groups excluding carboxylic acids is 1. The Labute approximate surface area is 220 Å². The number of aliphatic imine (C=N–C) groups is 1. The SMILES string of the molecule is O=C(c1ccc(CN(CC2=NC=CC2)Cc2ncc[nH]2)cc1)N1CC2(CCN(C3CCCCC3)CC2)C1. The van der Waals surface area contributed by atoms with Crippen molar-refractivity contribution in [3.63, 3.8) is 0 Å². The van der Waals surface area contributed by atoms with Crippen molar-refractivity contribution >= 4 is 11.6 Å². The number of carbonyl (C=O) groups is 1. The quantitative estimate of drug-likeness (QED) is 0.573. The molecule has 3 fully saturated rings. The summed E-state index contributed by atoms with van der Waals surface area (Å²) in [5, 5.41) is 0. The van der Waals surface area contributed by atoms with Gasteiger partial charge in [0.15, 0.2) is 0 Å².